The summed E-state index contributed by atoms with van der Waals surface area (Å²) in [6.45, 7) is 3.57. The minimum atomic E-state index is 0.835. The number of fused-ring (bicyclic) bond motifs is 6. The number of nitrogens with one attached hydrogen (secondary N) is 2. The highest BCUT2D eigenvalue weighted by molar-refractivity contribution is 5.86. The molecule has 0 bridgehead atoms. The number of hydrogen-bond donors (Lipinski definition) is 2. The van der Waals surface area contributed by atoms with Crippen LogP contribution in [0.15, 0.2) is 60.9 Å². The summed E-state index contributed by atoms with van der Waals surface area (Å²) in [7, 11) is 0. The van der Waals surface area contributed by atoms with Gasteiger partial charge in [0, 0.05) is 58.7 Å². The monoisotopic (exact) mass is 420 g/mol. The van der Waals surface area contributed by atoms with Gasteiger partial charge in [-0.2, -0.15) is 0 Å². The third-order valence-electron chi connectivity index (χ3n) is 7.02. The Morgan fingerprint density at radius 3 is 1.59 bits per heavy atom. The van der Waals surface area contributed by atoms with Crippen LogP contribution in [0, 0.1) is 0 Å². The molecular weight excluding hydrogens is 396 g/mol. The molecule has 3 aromatic heterocycles. The summed E-state index contributed by atoms with van der Waals surface area (Å²) in [6.07, 6.45) is 5.67. The van der Waals surface area contributed by atoms with Crippen molar-refractivity contribution in [3.05, 3.63) is 83.4 Å². The molecule has 0 atom stereocenters. The summed E-state index contributed by atoms with van der Waals surface area (Å²) in [5, 5.41) is 2.70. The van der Waals surface area contributed by atoms with Gasteiger partial charge in [-0.1, -0.05) is 36.4 Å². The molecule has 0 aliphatic carbocycles. The maximum atomic E-state index is 4.80. The second kappa shape index (κ2) is 6.85. The number of benzene rings is 2. The fourth-order valence-electron chi connectivity index (χ4n) is 5.52. The topological polar surface area (TPSA) is 63.8 Å². The Morgan fingerprint density at radius 2 is 1.09 bits per heavy atom. The van der Waals surface area contributed by atoms with Crippen molar-refractivity contribution in [2.45, 2.75) is 25.9 Å². The minimum absolute atomic E-state index is 0.835. The van der Waals surface area contributed by atoms with Crippen LogP contribution in [0.3, 0.4) is 0 Å². The number of anilines is 2. The summed E-state index contributed by atoms with van der Waals surface area (Å²) in [5.74, 6) is 1.97. The molecule has 0 radical (unpaired) electrons. The maximum absolute atomic E-state index is 4.80. The van der Waals surface area contributed by atoms with E-state index in [2.05, 4.69) is 68.3 Å². The van der Waals surface area contributed by atoms with Crippen LogP contribution in [-0.2, 0) is 25.9 Å². The molecule has 0 fully saturated rings. The molecular formula is C26H24N6. The molecule has 0 spiro atoms. The molecule has 5 heterocycles. The first kappa shape index (κ1) is 17.8. The van der Waals surface area contributed by atoms with Gasteiger partial charge in [0.15, 0.2) is 11.6 Å². The van der Waals surface area contributed by atoms with Crippen molar-refractivity contribution in [3.8, 4) is 0 Å². The van der Waals surface area contributed by atoms with E-state index in [4.69, 9.17) is 9.97 Å². The number of rotatable bonds is 2. The lowest BCUT2D eigenvalue weighted by atomic mass is 10.0. The molecule has 6 nitrogen and oxygen atoms in total. The molecule has 158 valence electrons. The number of aromatic amines is 2. The summed E-state index contributed by atoms with van der Waals surface area (Å²) in [5.41, 5.74) is 7.93. The summed E-state index contributed by atoms with van der Waals surface area (Å²) >= 11 is 0. The van der Waals surface area contributed by atoms with Crippen LogP contribution in [-0.4, -0.2) is 33.0 Å². The number of aromatic nitrogens is 4. The number of para-hydroxylation sites is 2. The molecule has 2 aliphatic heterocycles. The molecule has 2 aromatic carbocycles. The smallest absolute Gasteiger partial charge is 0.172 e. The third-order valence-corrected chi connectivity index (χ3v) is 7.02. The Balaban J connectivity index is 1.22. The zero-order valence-electron chi connectivity index (χ0n) is 17.8. The van der Waals surface area contributed by atoms with Gasteiger partial charge in [-0.15, -0.1) is 0 Å². The van der Waals surface area contributed by atoms with Crippen LogP contribution in [0.4, 0.5) is 11.6 Å². The van der Waals surface area contributed by atoms with Crippen molar-refractivity contribution in [2.75, 3.05) is 22.9 Å². The lowest BCUT2D eigenvalue weighted by Crippen LogP contribution is -2.36. The summed E-state index contributed by atoms with van der Waals surface area (Å²) < 4.78 is 0. The second-order valence-corrected chi connectivity index (χ2v) is 8.80. The second-order valence-electron chi connectivity index (χ2n) is 8.80. The maximum Gasteiger partial charge on any atom is 0.172 e. The van der Waals surface area contributed by atoms with E-state index in [1.165, 1.54) is 44.3 Å². The van der Waals surface area contributed by atoms with E-state index >= 15 is 0 Å². The predicted molar refractivity (Wildman–Crippen MR) is 128 cm³/mol. The van der Waals surface area contributed by atoms with E-state index in [1.807, 2.05) is 12.4 Å². The molecule has 0 amide bonds. The van der Waals surface area contributed by atoms with Gasteiger partial charge in [0.1, 0.15) is 0 Å². The highest BCUT2D eigenvalue weighted by atomic mass is 15.3. The standard InChI is InChI=1S/C26H24N6/c1-3-7-21-17(5-1)19-9-13-31(15-23(19)29-21)25-26(28-12-11-27-25)32-14-10-20-18-6-2-4-8-22(18)30-24(20)16-32/h1-8,11-12,29-30H,9-10,13-16H2. The van der Waals surface area contributed by atoms with Gasteiger partial charge in [0.05, 0.1) is 13.1 Å². The molecule has 0 unspecified atom stereocenters. The van der Waals surface area contributed by atoms with Crippen molar-refractivity contribution in [2.24, 2.45) is 0 Å². The minimum Gasteiger partial charge on any atom is -0.357 e. The van der Waals surface area contributed by atoms with E-state index in [-0.39, 0.29) is 0 Å². The fourth-order valence-corrected chi connectivity index (χ4v) is 5.52. The van der Waals surface area contributed by atoms with Gasteiger partial charge >= 0.3 is 0 Å². The molecule has 2 N–H and O–H groups in total. The first-order chi connectivity index (χ1) is 15.8. The highest BCUT2D eigenvalue weighted by Gasteiger charge is 2.28. The number of H-pyrrole nitrogens is 2. The molecule has 0 saturated carbocycles. The first-order valence-corrected chi connectivity index (χ1v) is 11.3. The van der Waals surface area contributed by atoms with Gasteiger partial charge in [-0.25, -0.2) is 9.97 Å². The van der Waals surface area contributed by atoms with E-state index in [0.29, 0.717) is 0 Å². The predicted octanol–water partition coefficient (Wildman–Crippen LogP) is 4.56. The first-order valence-electron chi connectivity index (χ1n) is 11.3. The molecule has 6 heteroatoms. The SMILES string of the molecule is c1ccc2c3c([nH]c2c1)CN(c1nccnc1N1CCc2c([nH]c4ccccc24)C1)CC3. The highest BCUT2D eigenvalue weighted by Crippen LogP contribution is 2.35. The Hall–Kier alpha value is -3.80. The van der Waals surface area contributed by atoms with Gasteiger partial charge in [-0.05, 0) is 36.1 Å². The Labute approximate surface area is 185 Å². The van der Waals surface area contributed by atoms with E-state index in [1.54, 1.807) is 0 Å². The van der Waals surface area contributed by atoms with Crippen molar-refractivity contribution >= 4 is 33.4 Å². The van der Waals surface area contributed by atoms with Crippen LogP contribution in [0.25, 0.3) is 21.8 Å². The van der Waals surface area contributed by atoms with Crippen molar-refractivity contribution in [1.82, 2.24) is 19.9 Å². The van der Waals surface area contributed by atoms with Gasteiger partial charge in [-0.3, -0.25) is 0 Å². The molecule has 7 rings (SSSR count). The van der Waals surface area contributed by atoms with Gasteiger partial charge in [0.25, 0.3) is 0 Å². The van der Waals surface area contributed by atoms with Crippen LogP contribution in [0.1, 0.15) is 22.5 Å². The normalized spacial score (nSPS) is 15.9. The molecule has 5 aromatic rings. The van der Waals surface area contributed by atoms with Crippen LogP contribution >= 0.6 is 0 Å². The van der Waals surface area contributed by atoms with Crippen LogP contribution < -0.4 is 9.80 Å². The molecule has 32 heavy (non-hydrogen) atoms. The molecule has 2 aliphatic rings. The molecule has 0 saturated heterocycles. The Bertz CT molecular complexity index is 1350. The Kier molecular flexibility index (Phi) is 3.82. The van der Waals surface area contributed by atoms with Gasteiger partial charge < -0.3 is 19.8 Å². The largest absolute Gasteiger partial charge is 0.357 e. The average molecular weight is 421 g/mol. The van der Waals surface area contributed by atoms with E-state index < -0.39 is 0 Å². The quantitative estimate of drug-likeness (QED) is 0.439. The third kappa shape index (κ3) is 2.65. The van der Waals surface area contributed by atoms with Crippen molar-refractivity contribution in [3.63, 3.8) is 0 Å². The van der Waals surface area contributed by atoms with E-state index in [0.717, 1.165) is 50.7 Å². The average Bonchev–Trinajstić information content (AvgIpc) is 3.41. The lowest BCUT2D eigenvalue weighted by Gasteiger charge is -2.34. The fraction of sp³-hybridized carbons (Fsp3) is 0.231. The number of nitrogens with zero attached hydrogens (tertiary/aromatic N) is 4. The zero-order chi connectivity index (χ0) is 21.1. The summed E-state index contributed by atoms with van der Waals surface area (Å²) in [4.78, 5) is 21.6. The van der Waals surface area contributed by atoms with E-state index in [9.17, 15) is 0 Å². The van der Waals surface area contributed by atoms with Crippen molar-refractivity contribution < 1.29 is 0 Å². The van der Waals surface area contributed by atoms with Crippen molar-refractivity contribution in [1.29, 1.82) is 0 Å². The van der Waals surface area contributed by atoms with Crippen LogP contribution in [0.5, 0.6) is 0 Å². The van der Waals surface area contributed by atoms with Gasteiger partial charge in [0.2, 0.25) is 0 Å². The summed E-state index contributed by atoms with van der Waals surface area (Å²) in [6, 6.07) is 17.2. The zero-order valence-corrected chi connectivity index (χ0v) is 17.8. The number of hydrogen-bond acceptors (Lipinski definition) is 4. The van der Waals surface area contributed by atoms with Crippen LogP contribution in [0.2, 0.25) is 0 Å². The Morgan fingerprint density at radius 1 is 0.625 bits per heavy atom. The lowest BCUT2D eigenvalue weighted by molar-refractivity contribution is 0.684.